The standard InChI is InChI=1S/C19H19ClFNO5S/c20-15-8-7-14(13-18(15)28(24,25)22-9-3-4-10-22)19(23)27-12-11-26-17-6-2-1-5-16(17)21/h1-2,5-8,13H,3-4,9-12H2. The van der Waals surface area contributed by atoms with Gasteiger partial charge in [0.25, 0.3) is 0 Å². The van der Waals surface area contributed by atoms with E-state index in [0.717, 1.165) is 12.8 Å². The SMILES string of the molecule is O=C(OCCOc1ccccc1F)c1ccc(Cl)c(S(=O)(=O)N2CCCC2)c1. The van der Waals surface area contributed by atoms with Crippen LogP contribution >= 0.6 is 11.6 Å². The molecule has 0 radical (unpaired) electrons. The smallest absolute Gasteiger partial charge is 0.338 e. The van der Waals surface area contributed by atoms with Crippen molar-refractivity contribution in [3.8, 4) is 5.75 Å². The van der Waals surface area contributed by atoms with E-state index in [1.165, 1.54) is 40.7 Å². The summed E-state index contributed by atoms with van der Waals surface area (Å²) in [4.78, 5) is 12.1. The van der Waals surface area contributed by atoms with Crippen molar-refractivity contribution >= 4 is 27.6 Å². The lowest BCUT2D eigenvalue weighted by Gasteiger charge is -2.17. The van der Waals surface area contributed by atoms with Gasteiger partial charge in [0.2, 0.25) is 10.0 Å². The number of nitrogens with zero attached hydrogens (tertiary/aromatic N) is 1. The number of halogens is 2. The zero-order valence-electron chi connectivity index (χ0n) is 14.9. The minimum Gasteiger partial charge on any atom is -0.487 e. The van der Waals surface area contributed by atoms with Gasteiger partial charge in [-0.2, -0.15) is 4.31 Å². The second-order valence-electron chi connectivity index (χ2n) is 6.17. The maximum atomic E-state index is 13.5. The van der Waals surface area contributed by atoms with Crippen molar-refractivity contribution in [2.45, 2.75) is 17.7 Å². The van der Waals surface area contributed by atoms with Gasteiger partial charge in [0, 0.05) is 13.1 Å². The van der Waals surface area contributed by atoms with Gasteiger partial charge in [0.05, 0.1) is 10.6 Å². The van der Waals surface area contributed by atoms with Crippen molar-refractivity contribution in [3.63, 3.8) is 0 Å². The summed E-state index contributed by atoms with van der Waals surface area (Å²) in [5.74, 6) is -1.17. The van der Waals surface area contributed by atoms with Gasteiger partial charge in [-0.1, -0.05) is 23.7 Å². The summed E-state index contributed by atoms with van der Waals surface area (Å²) in [5.41, 5.74) is 0.0630. The van der Waals surface area contributed by atoms with Crippen LogP contribution in [0, 0.1) is 5.82 Å². The fraction of sp³-hybridized carbons (Fsp3) is 0.316. The van der Waals surface area contributed by atoms with Crippen LogP contribution in [-0.4, -0.2) is 45.0 Å². The zero-order chi connectivity index (χ0) is 20.1. The Morgan fingerprint density at radius 2 is 1.82 bits per heavy atom. The van der Waals surface area contributed by atoms with Crippen molar-refractivity contribution in [1.29, 1.82) is 0 Å². The molecule has 150 valence electrons. The fourth-order valence-electron chi connectivity index (χ4n) is 2.83. The average molecular weight is 428 g/mol. The second-order valence-corrected chi connectivity index (χ2v) is 8.48. The number of para-hydroxylation sites is 1. The van der Waals surface area contributed by atoms with Gasteiger partial charge >= 0.3 is 5.97 Å². The van der Waals surface area contributed by atoms with Crippen LogP contribution in [0.3, 0.4) is 0 Å². The Labute approximate surface area is 167 Å². The first-order valence-electron chi connectivity index (χ1n) is 8.74. The summed E-state index contributed by atoms with van der Waals surface area (Å²) in [6, 6.07) is 9.86. The molecule has 0 amide bonds. The molecule has 0 spiro atoms. The summed E-state index contributed by atoms with van der Waals surface area (Å²) >= 11 is 6.06. The topological polar surface area (TPSA) is 72.9 Å². The highest BCUT2D eigenvalue weighted by Gasteiger charge is 2.29. The number of carbonyl (C=O) groups excluding carboxylic acids is 1. The molecule has 1 heterocycles. The van der Waals surface area contributed by atoms with Gasteiger partial charge in [-0.3, -0.25) is 0 Å². The van der Waals surface area contributed by atoms with E-state index in [-0.39, 0.29) is 34.4 Å². The van der Waals surface area contributed by atoms with Gasteiger partial charge in [0.1, 0.15) is 18.1 Å². The molecule has 2 aromatic rings. The quantitative estimate of drug-likeness (QED) is 0.499. The molecule has 0 saturated carbocycles. The molecular formula is C19H19ClFNO5S. The summed E-state index contributed by atoms with van der Waals surface area (Å²) < 4.78 is 50.5. The predicted molar refractivity (Wildman–Crippen MR) is 102 cm³/mol. The maximum Gasteiger partial charge on any atom is 0.338 e. The van der Waals surface area contributed by atoms with Crippen molar-refractivity contribution in [1.82, 2.24) is 4.31 Å². The number of esters is 1. The molecule has 0 aromatic heterocycles. The van der Waals surface area contributed by atoms with E-state index >= 15 is 0 Å². The monoisotopic (exact) mass is 427 g/mol. The van der Waals surface area contributed by atoms with Crippen molar-refractivity contribution < 1.29 is 27.1 Å². The van der Waals surface area contributed by atoms with Crippen molar-refractivity contribution in [2.24, 2.45) is 0 Å². The number of rotatable bonds is 7. The van der Waals surface area contributed by atoms with Crippen LogP contribution in [-0.2, 0) is 14.8 Å². The van der Waals surface area contributed by atoms with Crippen LogP contribution in [0.2, 0.25) is 5.02 Å². The third-order valence-corrected chi connectivity index (χ3v) is 6.64. The normalized spacial score (nSPS) is 14.8. The molecular weight excluding hydrogens is 409 g/mol. The Morgan fingerprint density at radius 3 is 2.54 bits per heavy atom. The van der Waals surface area contributed by atoms with E-state index in [2.05, 4.69) is 0 Å². The molecule has 3 rings (SSSR count). The summed E-state index contributed by atoms with van der Waals surface area (Å²) in [5, 5.41) is 0.0475. The highest BCUT2D eigenvalue weighted by Crippen LogP contribution is 2.28. The molecule has 0 aliphatic carbocycles. The van der Waals surface area contributed by atoms with Crippen LogP contribution in [0.1, 0.15) is 23.2 Å². The second kappa shape index (κ2) is 8.89. The molecule has 1 saturated heterocycles. The lowest BCUT2D eigenvalue weighted by atomic mass is 10.2. The van der Waals surface area contributed by atoms with E-state index in [9.17, 15) is 17.6 Å². The first kappa shape index (κ1) is 20.6. The van der Waals surface area contributed by atoms with Crippen LogP contribution in [0.25, 0.3) is 0 Å². The summed E-state index contributed by atoms with van der Waals surface area (Å²) in [6.45, 7) is 0.699. The third kappa shape index (κ3) is 4.63. The third-order valence-electron chi connectivity index (χ3n) is 4.26. The van der Waals surface area contributed by atoms with Crippen molar-refractivity contribution in [2.75, 3.05) is 26.3 Å². The van der Waals surface area contributed by atoms with Gasteiger partial charge in [-0.15, -0.1) is 0 Å². The molecule has 9 heteroatoms. The first-order valence-corrected chi connectivity index (χ1v) is 10.6. The molecule has 0 unspecified atom stereocenters. The maximum absolute atomic E-state index is 13.5. The van der Waals surface area contributed by atoms with E-state index in [1.54, 1.807) is 6.07 Å². The van der Waals surface area contributed by atoms with E-state index in [0.29, 0.717) is 13.1 Å². The van der Waals surface area contributed by atoms with Gasteiger partial charge in [-0.05, 0) is 43.2 Å². The minimum absolute atomic E-state index is 0.0425. The number of ether oxygens (including phenoxy) is 2. The lowest BCUT2D eigenvalue weighted by Crippen LogP contribution is -2.28. The molecule has 1 aliphatic heterocycles. The number of benzene rings is 2. The molecule has 0 atom stereocenters. The lowest BCUT2D eigenvalue weighted by molar-refractivity contribution is 0.0448. The first-order chi connectivity index (χ1) is 13.4. The molecule has 0 N–H and O–H groups in total. The number of hydrogen-bond donors (Lipinski definition) is 0. The van der Waals surface area contributed by atoms with Crippen LogP contribution in [0.5, 0.6) is 5.75 Å². The highest BCUT2D eigenvalue weighted by molar-refractivity contribution is 7.89. The Balaban J connectivity index is 1.63. The largest absolute Gasteiger partial charge is 0.487 e. The Bertz CT molecular complexity index is 961. The summed E-state index contributed by atoms with van der Waals surface area (Å²) in [6.07, 6.45) is 1.58. The molecule has 2 aromatic carbocycles. The molecule has 28 heavy (non-hydrogen) atoms. The minimum atomic E-state index is -3.76. The number of sulfonamides is 1. The molecule has 1 aliphatic rings. The molecule has 0 bridgehead atoms. The summed E-state index contributed by atoms with van der Waals surface area (Å²) in [7, 11) is -3.76. The van der Waals surface area contributed by atoms with Crippen molar-refractivity contribution in [3.05, 3.63) is 58.9 Å². The molecule has 1 fully saturated rings. The van der Waals surface area contributed by atoms with Gasteiger partial charge in [0.15, 0.2) is 11.6 Å². The number of carbonyl (C=O) groups is 1. The van der Waals surface area contributed by atoms with E-state index in [4.69, 9.17) is 21.1 Å². The predicted octanol–water partition coefficient (Wildman–Crippen LogP) is 3.50. The zero-order valence-corrected chi connectivity index (χ0v) is 16.5. The van der Waals surface area contributed by atoms with Crippen LogP contribution < -0.4 is 4.74 Å². The average Bonchev–Trinajstić information content (AvgIpc) is 3.22. The number of hydrogen-bond acceptors (Lipinski definition) is 5. The van der Waals surface area contributed by atoms with Crippen LogP contribution in [0.4, 0.5) is 4.39 Å². The van der Waals surface area contributed by atoms with E-state index in [1.807, 2.05) is 0 Å². The van der Waals surface area contributed by atoms with Gasteiger partial charge in [-0.25, -0.2) is 17.6 Å². The molecule has 6 nitrogen and oxygen atoms in total. The van der Waals surface area contributed by atoms with Gasteiger partial charge < -0.3 is 9.47 Å². The highest BCUT2D eigenvalue weighted by atomic mass is 35.5. The Morgan fingerprint density at radius 1 is 1.11 bits per heavy atom. The Hall–Kier alpha value is -2.16. The van der Waals surface area contributed by atoms with Crippen LogP contribution in [0.15, 0.2) is 47.4 Å². The van der Waals surface area contributed by atoms with E-state index < -0.39 is 21.8 Å². The Kier molecular flexibility index (Phi) is 6.53. The fourth-order valence-corrected chi connectivity index (χ4v) is 4.84.